The van der Waals surface area contributed by atoms with Crippen molar-refractivity contribution in [3.05, 3.63) is 41.7 Å². The van der Waals surface area contributed by atoms with Gasteiger partial charge in [-0.2, -0.15) is 13.2 Å². The minimum absolute atomic E-state index is 0.0932. The molecule has 0 N–H and O–H groups in total. The van der Waals surface area contributed by atoms with Crippen LogP contribution in [0.1, 0.15) is 30.1 Å². The highest BCUT2D eigenvalue weighted by atomic mass is 19.4. The van der Waals surface area contributed by atoms with E-state index >= 15 is 0 Å². The number of nitrogens with zero attached hydrogens (tertiary/aromatic N) is 4. The topological polar surface area (TPSA) is 34.0 Å². The van der Waals surface area contributed by atoms with Gasteiger partial charge in [0.1, 0.15) is 18.0 Å². The molecular formula is C15H16F4N4. The average molecular weight is 328 g/mol. The summed E-state index contributed by atoms with van der Waals surface area (Å²) in [6, 6.07) is 3.15. The van der Waals surface area contributed by atoms with E-state index in [-0.39, 0.29) is 5.92 Å². The molecule has 0 saturated carbocycles. The lowest BCUT2D eigenvalue weighted by Gasteiger charge is -2.34. The predicted molar refractivity (Wildman–Crippen MR) is 76.6 cm³/mol. The smallest absolute Gasteiger partial charge is 0.371 e. The lowest BCUT2D eigenvalue weighted by molar-refractivity contribution is -0.139. The van der Waals surface area contributed by atoms with E-state index in [1.54, 1.807) is 6.33 Å². The van der Waals surface area contributed by atoms with E-state index in [9.17, 15) is 17.6 Å². The molecule has 0 amide bonds. The van der Waals surface area contributed by atoms with Crippen LogP contribution in [-0.2, 0) is 13.2 Å². The normalized spacial score (nSPS) is 19.2. The van der Waals surface area contributed by atoms with Gasteiger partial charge < -0.3 is 9.47 Å². The number of halogens is 4. The molecule has 0 radical (unpaired) electrons. The molecule has 23 heavy (non-hydrogen) atoms. The average Bonchev–Trinajstić information content (AvgIpc) is 2.93. The third-order valence-electron chi connectivity index (χ3n) is 4.15. The number of alkyl halides is 3. The Labute approximate surface area is 130 Å². The highest BCUT2D eigenvalue weighted by molar-refractivity contribution is 5.50. The summed E-state index contributed by atoms with van der Waals surface area (Å²) in [5.74, 6) is -0.341. The van der Waals surface area contributed by atoms with E-state index < -0.39 is 17.6 Å². The molecule has 0 bridgehead atoms. The lowest BCUT2D eigenvalue weighted by atomic mass is 9.96. The monoisotopic (exact) mass is 328 g/mol. The number of aromatic nitrogens is 3. The van der Waals surface area contributed by atoms with Gasteiger partial charge in [-0.25, -0.2) is 4.39 Å². The van der Waals surface area contributed by atoms with Crippen LogP contribution < -0.4 is 4.90 Å². The molecule has 3 rings (SSSR count). The van der Waals surface area contributed by atoms with Crippen molar-refractivity contribution in [3.8, 4) is 0 Å². The molecule has 1 aliphatic heterocycles. The summed E-state index contributed by atoms with van der Waals surface area (Å²) in [5.41, 5.74) is -0.846. The van der Waals surface area contributed by atoms with Crippen molar-refractivity contribution in [2.75, 3.05) is 18.0 Å². The molecule has 1 unspecified atom stereocenters. The van der Waals surface area contributed by atoms with Crippen LogP contribution in [-0.4, -0.2) is 27.9 Å². The van der Waals surface area contributed by atoms with Crippen molar-refractivity contribution in [1.82, 2.24) is 14.8 Å². The second kappa shape index (κ2) is 5.82. The summed E-state index contributed by atoms with van der Waals surface area (Å²) in [6.45, 7) is 1.17. The maximum absolute atomic E-state index is 13.4. The minimum Gasteiger partial charge on any atom is -0.371 e. The third-order valence-corrected chi connectivity index (χ3v) is 4.15. The van der Waals surface area contributed by atoms with Crippen LogP contribution in [0.2, 0.25) is 0 Å². The Bertz CT molecular complexity index is 695. The minimum atomic E-state index is -4.70. The second-order valence-electron chi connectivity index (χ2n) is 5.75. The van der Waals surface area contributed by atoms with Gasteiger partial charge in [0.15, 0.2) is 0 Å². The molecule has 1 atom stereocenters. The van der Waals surface area contributed by atoms with Crippen LogP contribution in [0.4, 0.5) is 23.2 Å². The van der Waals surface area contributed by atoms with Crippen molar-refractivity contribution in [2.24, 2.45) is 7.05 Å². The van der Waals surface area contributed by atoms with E-state index in [1.165, 1.54) is 6.07 Å². The number of hydrogen-bond donors (Lipinski definition) is 0. The number of anilines is 1. The van der Waals surface area contributed by atoms with Crippen molar-refractivity contribution >= 4 is 5.69 Å². The Morgan fingerprint density at radius 2 is 2.04 bits per heavy atom. The van der Waals surface area contributed by atoms with Gasteiger partial charge in [0, 0.05) is 31.7 Å². The van der Waals surface area contributed by atoms with Gasteiger partial charge in [0.2, 0.25) is 0 Å². The molecule has 0 spiro atoms. The first kappa shape index (κ1) is 15.8. The van der Waals surface area contributed by atoms with Crippen LogP contribution in [0.5, 0.6) is 0 Å². The quantitative estimate of drug-likeness (QED) is 0.793. The summed E-state index contributed by atoms with van der Waals surface area (Å²) in [5, 5.41) is 7.93. The largest absolute Gasteiger partial charge is 0.419 e. The van der Waals surface area contributed by atoms with Gasteiger partial charge in [-0.3, -0.25) is 0 Å². The number of piperidine rings is 1. The van der Waals surface area contributed by atoms with E-state index in [0.717, 1.165) is 30.8 Å². The molecule has 0 aliphatic carbocycles. The molecule has 124 valence electrons. The molecule has 8 heteroatoms. The van der Waals surface area contributed by atoms with E-state index in [0.29, 0.717) is 18.8 Å². The molecule has 4 nitrogen and oxygen atoms in total. The Morgan fingerprint density at radius 1 is 1.26 bits per heavy atom. The molecule has 2 heterocycles. The van der Waals surface area contributed by atoms with Gasteiger partial charge in [0.05, 0.1) is 5.56 Å². The third kappa shape index (κ3) is 3.16. The van der Waals surface area contributed by atoms with Crippen molar-refractivity contribution < 1.29 is 17.6 Å². The second-order valence-corrected chi connectivity index (χ2v) is 5.75. The number of benzene rings is 1. The van der Waals surface area contributed by atoms with Crippen LogP contribution >= 0.6 is 0 Å². The van der Waals surface area contributed by atoms with E-state index in [1.807, 2.05) is 16.5 Å². The Hall–Kier alpha value is -2.12. The molecule has 2 aromatic rings. The highest BCUT2D eigenvalue weighted by Crippen LogP contribution is 2.35. The van der Waals surface area contributed by atoms with Crippen LogP contribution in [0.15, 0.2) is 24.5 Å². The lowest BCUT2D eigenvalue weighted by Crippen LogP contribution is -2.35. The standard InChI is InChI=1S/C15H16F4N4/c1-22-9-20-21-14(22)10-3-2-6-23(8-10)11-4-5-13(16)12(7-11)15(17,18)19/h4-5,7,9-10H,2-3,6,8H2,1H3. The first-order valence-electron chi connectivity index (χ1n) is 7.32. The van der Waals surface area contributed by atoms with E-state index in [4.69, 9.17) is 0 Å². The summed E-state index contributed by atoms with van der Waals surface area (Å²) in [4.78, 5) is 1.84. The number of hydrogen-bond acceptors (Lipinski definition) is 3. The van der Waals surface area contributed by atoms with Crippen molar-refractivity contribution in [2.45, 2.75) is 24.9 Å². The zero-order chi connectivity index (χ0) is 16.6. The van der Waals surface area contributed by atoms with Crippen LogP contribution in [0.25, 0.3) is 0 Å². The zero-order valence-corrected chi connectivity index (χ0v) is 12.5. The van der Waals surface area contributed by atoms with Crippen LogP contribution in [0, 0.1) is 5.82 Å². The first-order valence-corrected chi connectivity index (χ1v) is 7.32. The molecule has 1 saturated heterocycles. The summed E-state index contributed by atoms with van der Waals surface area (Å²) < 4.78 is 53.9. The molecule has 1 fully saturated rings. The fourth-order valence-electron chi connectivity index (χ4n) is 3.01. The number of aryl methyl sites for hydroxylation is 1. The predicted octanol–water partition coefficient (Wildman–Crippen LogP) is 3.36. The van der Waals surface area contributed by atoms with Gasteiger partial charge in [-0.1, -0.05) is 0 Å². The Balaban J connectivity index is 1.86. The van der Waals surface area contributed by atoms with Crippen LogP contribution in [0.3, 0.4) is 0 Å². The van der Waals surface area contributed by atoms with Gasteiger partial charge in [-0.15, -0.1) is 10.2 Å². The maximum atomic E-state index is 13.4. The molecule has 1 aromatic carbocycles. The SMILES string of the molecule is Cn1cnnc1C1CCCN(c2ccc(F)c(C(F)(F)F)c2)C1. The van der Waals surface area contributed by atoms with Crippen molar-refractivity contribution in [1.29, 1.82) is 0 Å². The Kier molecular flexibility index (Phi) is 3.99. The fourth-order valence-corrected chi connectivity index (χ4v) is 3.01. The highest BCUT2D eigenvalue weighted by Gasteiger charge is 2.35. The summed E-state index contributed by atoms with van der Waals surface area (Å²) in [6.07, 6.45) is -1.36. The van der Waals surface area contributed by atoms with Gasteiger partial charge in [0.25, 0.3) is 0 Å². The van der Waals surface area contributed by atoms with E-state index in [2.05, 4.69) is 10.2 Å². The number of rotatable bonds is 2. The Morgan fingerprint density at radius 3 is 2.70 bits per heavy atom. The summed E-state index contributed by atoms with van der Waals surface area (Å²) >= 11 is 0. The van der Waals surface area contributed by atoms with Gasteiger partial charge in [-0.05, 0) is 31.0 Å². The molecule has 1 aliphatic rings. The van der Waals surface area contributed by atoms with Crippen molar-refractivity contribution in [3.63, 3.8) is 0 Å². The first-order chi connectivity index (χ1) is 10.9. The summed E-state index contributed by atoms with van der Waals surface area (Å²) in [7, 11) is 1.84. The maximum Gasteiger partial charge on any atom is 0.419 e. The zero-order valence-electron chi connectivity index (χ0n) is 12.5. The fraction of sp³-hybridized carbons (Fsp3) is 0.467. The molecular weight excluding hydrogens is 312 g/mol. The molecule has 1 aromatic heterocycles. The van der Waals surface area contributed by atoms with Gasteiger partial charge >= 0.3 is 6.18 Å².